The Balaban J connectivity index is 2.89. The van der Waals surface area contributed by atoms with Gasteiger partial charge >= 0.3 is 0 Å². The average molecular weight is 220 g/mol. The molecule has 1 aromatic rings. The van der Waals surface area contributed by atoms with Crippen LogP contribution in [-0.4, -0.2) is 22.7 Å². The van der Waals surface area contributed by atoms with Crippen LogP contribution in [0.5, 0.6) is 0 Å². The molecule has 0 saturated heterocycles. The van der Waals surface area contributed by atoms with Crippen molar-refractivity contribution in [2.45, 2.75) is 32.9 Å². The highest BCUT2D eigenvalue weighted by Gasteiger charge is 2.10. The van der Waals surface area contributed by atoms with Gasteiger partial charge in [-0.2, -0.15) is 0 Å². The molecule has 1 N–H and O–H groups in total. The zero-order chi connectivity index (χ0) is 12.1. The first-order chi connectivity index (χ1) is 7.56. The molecule has 1 atom stereocenters. The van der Waals surface area contributed by atoms with E-state index < -0.39 is 6.10 Å². The predicted molar refractivity (Wildman–Crippen MR) is 67.5 cm³/mol. The van der Waals surface area contributed by atoms with Crippen LogP contribution in [0.25, 0.3) is 0 Å². The first-order valence-corrected chi connectivity index (χ1v) is 5.57. The van der Waals surface area contributed by atoms with Gasteiger partial charge in [0, 0.05) is 12.6 Å². The molecular weight excluding hydrogens is 200 g/mol. The van der Waals surface area contributed by atoms with Crippen LogP contribution in [0.15, 0.2) is 31.0 Å². The fourth-order valence-electron chi connectivity index (χ4n) is 1.57. The van der Waals surface area contributed by atoms with E-state index in [-0.39, 0.29) is 0 Å². The lowest BCUT2D eigenvalue weighted by Gasteiger charge is -2.27. The summed E-state index contributed by atoms with van der Waals surface area (Å²) in [5, 5.41) is 9.37. The summed E-state index contributed by atoms with van der Waals surface area (Å²) in [6.07, 6.45) is 3.16. The van der Waals surface area contributed by atoms with Gasteiger partial charge in [0.25, 0.3) is 0 Å². The summed E-state index contributed by atoms with van der Waals surface area (Å²) in [6.45, 7) is 10.5. The Bertz CT molecular complexity index is 330. The summed E-state index contributed by atoms with van der Waals surface area (Å²) in [7, 11) is 0. The third kappa shape index (κ3) is 3.07. The number of nitrogens with zero attached hydrogens (tertiary/aromatic N) is 2. The maximum absolute atomic E-state index is 9.37. The van der Waals surface area contributed by atoms with Crippen molar-refractivity contribution in [3.63, 3.8) is 0 Å². The Hall–Kier alpha value is -1.35. The third-order valence-electron chi connectivity index (χ3n) is 2.48. The summed E-state index contributed by atoms with van der Waals surface area (Å²) in [5.41, 5.74) is 1.75. The Labute approximate surface area is 97.4 Å². The zero-order valence-corrected chi connectivity index (χ0v) is 10.2. The Morgan fingerprint density at radius 1 is 1.44 bits per heavy atom. The van der Waals surface area contributed by atoms with Crippen LogP contribution in [-0.2, 0) is 0 Å². The van der Waals surface area contributed by atoms with E-state index in [0.29, 0.717) is 11.7 Å². The van der Waals surface area contributed by atoms with Gasteiger partial charge in [-0.05, 0) is 32.9 Å². The summed E-state index contributed by atoms with van der Waals surface area (Å²) in [4.78, 5) is 6.44. The molecule has 0 aliphatic carbocycles. The topological polar surface area (TPSA) is 36.4 Å². The second-order valence-corrected chi connectivity index (χ2v) is 4.15. The van der Waals surface area contributed by atoms with E-state index in [4.69, 9.17) is 0 Å². The van der Waals surface area contributed by atoms with E-state index in [0.717, 1.165) is 12.2 Å². The van der Waals surface area contributed by atoms with Crippen LogP contribution in [0.1, 0.15) is 32.6 Å². The second-order valence-electron chi connectivity index (χ2n) is 4.15. The van der Waals surface area contributed by atoms with Crippen molar-refractivity contribution in [3.05, 3.63) is 36.7 Å². The summed E-state index contributed by atoms with van der Waals surface area (Å²) < 4.78 is 0. The van der Waals surface area contributed by atoms with Gasteiger partial charge in [-0.25, -0.2) is 0 Å². The molecular formula is C13H20N2O. The van der Waals surface area contributed by atoms with Crippen LogP contribution in [0.3, 0.4) is 0 Å². The molecule has 0 aromatic carbocycles. The lowest BCUT2D eigenvalue weighted by molar-refractivity contribution is 0.194. The Kier molecular flexibility index (Phi) is 4.50. The fraction of sp³-hybridized carbons (Fsp3) is 0.462. The van der Waals surface area contributed by atoms with Crippen LogP contribution in [0.4, 0.5) is 5.69 Å². The van der Waals surface area contributed by atoms with Gasteiger partial charge in [0.15, 0.2) is 0 Å². The number of hydrogen-bond acceptors (Lipinski definition) is 3. The minimum absolute atomic E-state index is 0.400. The molecule has 0 saturated carbocycles. The maximum Gasteiger partial charge on any atom is 0.0931 e. The summed E-state index contributed by atoms with van der Waals surface area (Å²) in [6, 6.07) is 4.24. The van der Waals surface area contributed by atoms with Crippen molar-refractivity contribution in [1.29, 1.82) is 0 Å². The molecule has 0 radical (unpaired) electrons. The molecule has 3 heteroatoms. The van der Waals surface area contributed by atoms with Crippen LogP contribution >= 0.6 is 0 Å². The molecule has 0 fully saturated rings. The quantitative estimate of drug-likeness (QED) is 0.775. The minimum atomic E-state index is -0.513. The molecule has 3 nitrogen and oxygen atoms in total. The molecule has 0 amide bonds. The number of aliphatic hydroxyl groups is 1. The lowest BCUT2D eigenvalue weighted by Crippen LogP contribution is -2.30. The van der Waals surface area contributed by atoms with Crippen LogP contribution < -0.4 is 4.90 Å². The Morgan fingerprint density at radius 2 is 2.12 bits per heavy atom. The van der Waals surface area contributed by atoms with Crippen molar-refractivity contribution < 1.29 is 5.11 Å². The fourth-order valence-corrected chi connectivity index (χ4v) is 1.57. The molecule has 1 rings (SSSR count). The van der Waals surface area contributed by atoms with Gasteiger partial charge in [-0.3, -0.25) is 4.98 Å². The normalized spacial score (nSPS) is 12.6. The van der Waals surface area contributed by atoms with Crippen LogP contribution in [0, 0.1) is 0 Å². The van der Waals surface area contributed by atoms with E-state index >= 15 is 0 Å². The van der Waals surface area contributed by atoms with E-state index in [2.05, 4.69) is 30.3 Å². The third-order valence-corrected chi connectivity index (χ3v) is 2.48. The second kappa shape index (κ2) is 5.66. The number of aliphatic hydroxyl groups excluding tert-OH is 1. The van der Waals surface area contributed by atoms with Gasteiger partial charge in [0.2, 0.25) is 0 Å². The number of aromatic nitrogens is 1. The summed E-state index contributed by atoms with van der Waals surface area (Å²) >= 11 is 0. The summed E-state index contributed by atoms with van der Waals surface area (Å²) in [5.74, 6) is 0. The van der Waals surface area contributed by atoms with Crippen LogP contribution in [0.2, 0.25) is 0 Å². The molecule has 1 aromatic heterocycles. The van der Waals surface area contributed by atoms with E-state index in [9.17, 15) is 5.11 Å². The van der Waals surface area contributed by atoms with Crippen molar-refractivity contribution >= 4 is 5.69 Å². The first-order valence-electron chi connectivity index (χ1n) is 5.57. The molecule has 88 valence electrons. The highest BCUT2D eigenvalue weighted by Crippen LogP contribution is 2.18. The molecule has 1 heterocycles. The van der Waals surface area contributed by atoms with Crippen molar-refractivity contribution in [2.24, 2.45) is 0 Å². The highest BCUT2D eigenvalue weighted by atomic mass is 16.3. The van der Waals surface area contributed by atoms with Gasteiger partial charge in [-0.1, -0.05) is 6.08 Å². The molecule has 0 bridgehead atoms. The predicted octanol–water partition coefficient (Wildman–Crippen LogP) is 2.54. The van der Waals surface area contributed by atoms with Crippen molar-refractivity contribution in [3.8, 4) is 0 Å². The maximum atomic E-state index is 9.37. The lowest BCUT2D eigenvalue weighted by atomic mass is 10.2. The molecule has 0 spiro atoms. The SMILES string of the molecule is C=CCN(c1ccc([C@@H](C)O)nc1)C(C)C. The van der Waals surface area contributed by atoms with Gasteiger partial charge in [-0.15, -0.1) is 6.58 Å². The monoisotopic (exact) mass is 220 g/mol. The highest BCUT2D eigenvalue weighted by molar-refractivity contribution is 5.46. The molecule has 0 aliphatic rings. The smallest absolute Gasteiger partial charge is 0.0931 e. The number of rotatable bonds is 5. The number of anilines is 1. The number of pyridine rings is 1. The standard InChI is InChI=1S/C13H20N2O/c1-5-8-15(10(2)3)12-6-7-13(11(4)16)14-9-12/h5-7,9-11,16H,1,8H2,2-4H3/t11-/m1/s1. The van der Waals surface area contributed by atoms with E-state index in [1.54, 1.807) is 13.1 Å². The molecule has 0 aliphatic heterocycles. The van der Waals surface area contributed by atoms with Gasteiger partial charge in [0.05, 0.1) is 23.7 Å². The largest absolute Gasteiger partial charge is 0.387 e. The van der Waals surface area contributed by atoms with Gasteiger partial charge < -0.3 is 10.0 Å². The van der Waals surface area contributed by atoms with Gasteiger partial charge in [0.1, 0.15) is 0 Å². The zero-order valence-electron chi connectivity index (χ0n) is 10.2. The Morgan fingerprint density at radius 3 is 2.50 bits per heavy atom. The molecule has 16 heavy (non-hydrogen) atoms. The van der Waals surface area contributed by atoms with Crippen molar-refractivity contribution in [1.82, 2.24) is 4.98 Å². The van der Waals surface area contributed by atoms with E-state index in [1.807, 2.05) is 18.2 Å². The van der Waals surface area contributed by atoms with Crippen molar-refractivity contribution in [2.75, 3.05) is 11.4 Å². The first kappa shape index (κ1) is 12.7. The number of hydrogen-bond donors (Lipinski definition) is 1. The minimum Gasteiger partial charge on any atom is -0.387 e. The van der Waals surface area contributed by atoms with E-state index in [1.165, 1.54) is 0 Å². The molecule has 0 unspecified atom stereocenters. The average Bonchev–Trinajstić information content (AvgIpc) is 2.25.